The Balaban J connectivity index is 2.06. The van der Waals surface area contributed by atoms with E-state index in [9.17, 15) is 14.7 Å². The summed E-state index contributed by atoms with van der Waals surface area (Å²) in [7, 11) is 0. The van der Waals surface area contributed by atoms with Crippen molar-refractivity contribution >= 4 is 22.8 Å². The van der Waals surface area contributed by atoms with Crippen LogP contribution in [-0.4, -0.2) is 40.2 Å². The zero-order valence-corrected chi connectivity index (χ0v) is 13.6. The molecule has 23 heavy (non-hydrogen) atoms. The summed E-state index contributed by atoms with van der Waals surface area (Å²) in [4.78, 5) is 26.8. The normalized spacial score (nSPS) is 13.0. The molecule has 124 valence electrons. The zero-order valence-electron chi connectivity index (χ0n) is 13.6. The highest BCUT2D eigenvalue weighted by atomic mass is 16.5. The average molecular weight is 318 g/mol. The van der Waals surface area contributed by atoms with E-state index in [1.807, 2.05) is 32.9 Å². The Morgan fingerprint density at radius 3 is 2.70 bits per heavy atom. The molecule has 0 saturated carbocycles. The monoisotopic (exact) mass is 318 g/mol. The molecule has 3 N–H and O–H groups in total. The van der Waals surface area contributed by atoms with Crippen molar-refractivity contribution in [3.8, 4) is 0 Å². The predicted octanol–water partition coefficient (Wildman–Crippen LogP) is 2.56. The number of fused-ring (bicyclic) bond motifs is 1. The van der Waals surface area contributed by atoms with Crippen molar-refractivity contribution in [2.45, 2.75) is 38.8 Å². The molecule has 0 radical (unpaired) electrons. The van der Waals surface area contributed by atoms with Gasteiger partial charge in [-0.2, -0.15) is 0 Å². The summed E-state index contributed by atoms with van der Waals surface area (Å²) in [6, 6.07) is 6.18. The molecule has 2 rings (SSSR count). The quantitative estimate of drug-likeness (QED) is 0.763. The van der Waals surface area contributed by atoms with Gasteiger partial charge in [-0.1, -0.05) is 12.1 Å². The largest absolute Gasteiger partial charge is 0.480 e. The molecule has 0 saturated heterocycles. The number of hydrogen-bond acceptors (Lipinski definition) is 3. The fraction of sp³-hybridized carbons (Fsp3) is 0.412. The van der Waals surface area contributed by atoms with Gasteiger partial charge < -0.3 is 20.1 Å². The van der Waals surface area contributed by atoms with E-state index in [1.165, 1.54) is 0 Å². The number of hydrogen-bond donors (Lipinski definition) is 3. The molecule has 0 aliphatic carbocycles. The molecule has 1 aromatic heterocycles. The zero-order chi connectivity index (χ0) is 17.0. The van der Waals surface area contributed by atoms with Crippen LogP contribution in [0.3, 0.4) is 0 Å². The van der Waals surface area contributed by atoms with E-state index < -0.39 is 17.9 Å². The fourth-order valence-corrected chi connectivity index (χ4v) is 2.25. The lowest BCUT2D eigenvalue weighted by Crippen LogP contribution is -2.42. The number of benzene rings is 1. The first-order chi connectivity index (χ1) is 10.8. The Morgan fingerprint density at radius 2 is 2.04 bits per heavy atom. The number of ether oxygens (including phenoxy) is 1. The van der Waals surface area contributed by atoms with Gasteiger partial charge in [-0.3, -0.25) is 4.79 Å². The number of amides is 1. The van der Waals surface area contributed by atoms with Crippen LogP contribution in [0, 0.1) is 0 Å². The molecule has 0 aliphatic heterocycles. The maximum Gasteiger partial charge on any atom is 0.326 e. The van der Waals surface area contributed by atoms with Crippen molar-refractivity contribution in [2.24, 2.45) is 0 Å². The summed E-state index contributed by atoms with van der Waals surface area (Å²) in [5.41, 5.74) is 0.777. The Kier molecular flexibility index (Phi) is 5.05. The Morgan fingerprint density at radius 1 is 1.30 bits per heavy atom. The van der Waals surface area contributed by atoms with Crippen LogP contribution >= 0.6 is 0 Å². The number of carboxylic acids is 1. The van der Waals surface area contributed by atoms with Crippen molar-refractivity contribution in [3.63, 3.8) is 0 Å². The van der Waals surface area contributed by atoms with Crippen molar-refractivity contribution in [1.29, 1.82) is 0 Å². The number of aromatic nitrogens is 1. The minimum Gasteiger partial charge on any atom is -0.480 e. The van der Waals surface area contributed by atoms with E-state index in [0.29, 0.717) is 11.1 Å². The lowest BCUT2D eigenvalue weighted by molar-refractivity contribution is -0.140. The van der Waals surface area contributed by atoms with Gasteiger partial charge in [0.05, 0.1) is 16.7 Å². The third kappa shape index (κ3) is 4.56. The number of H-pyrrole nitrogens is 1. The van der Waals surface area contributed by atoms with Gasteiger partial charge in [-0.15, -0.1) is 0 Å². The van der Waals surface area contributed by atoms with Crippen LogP contribution in [0.2, 0.25) is 0 Å². The van der Waals surface area contributed by atoms with E-state index in [2.05, 4.69) is 10.3 Å². The highest BCUT2D eigenvalue weighted by Gasteiger charge is 2.22. The van der Waals surface area contributed by atoms with Gasteiger partial charge in [-0.05, 0) is 32.9 Å². The number of para-hydroxylation sites is 1. The Bertz CT molecular complexity index is 700. The third-order valence-corrected chi connectivity index (χ3v) is 3.38. The van der Waals surface area contributed by atoms with E-state index in [1.54, 1.807) is 18.3 Å². The second-order valence-corrected chi connectivity index (χ2v) is 6.36. The minimum absolute atomic E-state index is 0.207. The number of carbonyl (C=O) groups excluding carboxylic acids is 1. The number of aliphatic carboxylic acids is 1. The highest BCUT2D eigenvalue weighted by Crippen LogP contribution is 2.17. The number of carbonyl (C=O) groups is 2. The molecular weight excluding hydrogens is 296 g/mol. The molecule has 0 spiro atoms. The fourth-order valence-electron chi connectivity index (χ4n) is 2.25. The maximum atomic E-state index is 12.4. The van der Waals surface area contributed by atoms with E-state index in [-0.39, 0.29) is 18.6 Å². The SMILES string of the molecule is CC(C)(C)OCCC(NC(=O)c1cccc2cc[nH]c12)C(=O)O. The molecule has 0 aliphatic rings. The summed E-state index contributed by atoms with van der Waals surface area (Å²) >= 11 is 0. The van der Waals surface area contributed by atoms with Gasteiger partial charge in [0, 0.05) is 24.6 Å². The first-order valence-electron chi connectivity index (χ1n) is 7.51. The van der Waals surface area contributed by atoms with Crippen molar-refractivity contribution in [2.75, 3.05) is 6.61 Å². The molecule has 1 heterocycles. The first kappa shape index (κ1) is 17.0. The summed E-state index contributed by atoms with van der Waals surface area (Å²) < 4.78 is 5.53. The molecule has 0 bridgehead atoms. The lowest BCUT2D eigenvalue weighted by atomic mass is 10.1. The van der Waals surface area contributed by atoms with Crippen molar-refractivity contribution in [3.05, 3.63) is 36.0 Å². The lowest BCUT2D eigenvalue weighted by Gasteiger charge is -2.21. The maximum absolute atomic E-state index is 12.4. The van der Waals surface area contributed by atoms with Gasteiger partial charge >= 0.3 is 5.97 Å². The molecular formula is C17H22N2O4. The molecule has 0 fully saturated rings. The molecule has 1 aromatic carbocycles. The summed E-state index contributed by atoms with van der Waals surface area (Å²) in [6.45, 7) is 5.95. The summed E-state index contributed by atoms with van der Waals surface area (Å²) in [5, 5.41) is 12.8. The molecule has 1 atom stereocenters. The number of nitrogens with one attached hydrogen (secondary N) is 2. The predicted molar refractivity (Wildman–Crippen MR) is 87.5 cm³/mol. The Labute approximate surface area is 134 Å². The second-order valence-electron chi connectivity index (χ2n) is 6.36. The topological polar surface area (TPSA) is 91.4 Å². The standard InChI is InChI=1S/C17H22N2O4/c1-17(2,3)23-10-8-13(16(21)22)19-15(20)12-6-4-5-11-7-9-18-14(11)12/h4-7,9,13,18H,8,10H2,1-3H3,(H,19,20)(H,21,22). The number of rotatable bonds is 6. The van der Waals surface area contributed by atoms with Crippen LogP contribution in [0.1, 0.15) is 37.6 Å². The number of carboxylic acid groups (broad SMARTS) is 1. The third-order valence-electron chi connectivity index (χ3n) is 3.38. The van der Waals surface area contributed by atoms with E-state index >= 15 is 0 Å². The van der Waals surface area contributed by atoms with E-state index in [4.69, 9.17) is 4.74 Å². The molecule has 1 unspecified atom stereocenters. The van der Waals surface area contributed by atoms with Crippen LogP contribution in [0.4, 0.5) is 0 Å². The van der Waals surface area contributed by atoms with Gasteiger partial charge in [0.25, 0.3) is 5.91 Å². The van der Waals surface area contributed by atoms with Crippen LogP contribution in [0.15, 0.2) is 30.5 Å². The van der Waals surface area contributed by atoms with Crippen molar-refractivity contribution in [1.82, 2.24) is 10.3 Å². The molecule has 6 heteroatoms. The smallest absolute Gasteiger partial charge is 0.326 e. The van der Waals surface area contributed by atoms with Gasteiger partial charge in [0.2, 0.25) is 0 Å². The molecule has 1 amide bonds. The minimum atomic E-state index is -1.07. The average Bonchev–Trinajstić information content (AvgIpc) is 2.92. The van der Waals surface area contributed by atoms with Crippen LogP contribution < -0.4 is 5.32 Å². The van der Waals surface area contributed by atoms with Crippen LogP contribution in [0.25, 0.3) is 10.9 Å². The Hall–Kier alpha value is -2.34. The summed E-state index contributed by atoms with van der Waals surface area (Å²) in [6.07, 6.45) is 1.95. The van der Waals surface area contributed by atoms with Crippen molar-refractivity contribution < 1.29 is 19.4 Å². The second kappa shape index (κ2) is 6.83. The van der Waals surface area contributed by atoms with E-state index in [0.717, 1.165) is 5.39 Å². The molecule has 2 aromatic rings. The number of aromatic amines is 1. The van der Waals surface area contributed by atoms with Gasteiger partial charge in [0.15, 0.2) is 0 Å². The highest BCUT2D eigenvalue weighted by molar-refractivity contribution is 6.06. The first-order valence-corrected chi connectivity index (χ1v) is 7.51. The van der Waals surface area contributed by atoms with Gasteiger partial charge in [-0.25, -0.2) is 4.79 Å². The summed E-state index contributed by atoms with van der Waals surface area (Å²) in [5.74, 6) is -1.49. The molecule has 6 nitrogen and oxygen atoms in total. The van der Waals surface area contributed by atoms with Crippen LogP contribution in [0.5, 0.6) is 0 Å². The van der Waals surface area contributed by atoms with Gasteiger partial charge in [0.1, 0.15) is 6.04 Å². The van der Waals surface area contributed by atoms with Crippen LogP contribution in [-0.2, 0) is 9.53 Å².